The summed E-state index contributed by atoms with van der Waals surface area (Å²) in [6.07, 6.45) is 0. The Morgan fingerprint density at radius 1 is 0.795 bits per heavy atom. The van der Waals surface area contributed by atoms with E-state index < -0.39 is 0 Å². The second-order valence-electron chi connectivity index (χ2n) is 10.0. The van der Waals surface area contributed by atoms with Gasteiger partial charge in [-0.25, -0.2) is 4.98 Å². The molecule has 0 spiro atoms. The van der Waals surface area contributed by atoms with Crippen molar-refractivity contribution in [1.82, 2.24) is 9.88 Å². The average molecular weight is 518 g/mol. The average Bonchev–Trinajstić information content (AvgIpc) is 2.92. The summed E-state index contributed by atoms with van der Waals surface area (Å²) in [7, 11) is 4.05. The summed E-state index contributed by atoms with van der Waals surface area (Å²) in [5.41, 5.74) is 6.79. The molecule has 39 heavy (non-hydrogen) atoms. The Balaban J connectivity index is 1.50. The second-order valence-corrected chi connectivity index (χ2v) is 10.0. The molecule has 0 saturated carbocycles. The number of phenolic OH excluding ortho intramolecular Hbond substituents is 2. The van der Waals surface area contributed by atoms with E-state index in [1.807, 2.05) is 75.6 Å². The Labute approximate surface area is 228 Å². The molecule has 0 aliphatic rings. The third kappa shape index (κ3) is 5.76. The number of aromatic hydroxyl groups is 2. The first kappa shape index (κ1) is 25.9. The van der Waals surface area contributed by atoms with Gasteiger partial charge in [-0.3, -0.25) is 4.79 Å². The van der Waals surface area contributed by atoms with Crippen molar-refractivity contribution >= 4 is 22.5 Å². The van der Waals surface area contributed by atoms with E-state index in [9.17, 15) is 15.0 Å². The molecule has 4 aromatic carbocycles. The minimum absolute atomic E-state index is 0.102. The van der Waals surface area contributed by atoms with E-state index in [1.165, 1.54) is 23.8 Å². The molecule has 0 unspecified atom stereocenters. The second kappa shape index (κ2) is 11.0. The molecule has 1 heterocycles. The number of hydrogen-bond donors (Lipinski definition) is 2. The summed E-state index contributed by atoms with van der Waals surface area (Å²) in [6.45, 7) is 3.19. The third-order valence-electron chi connectivity index (χ3n) is 6.69. The Morgan fingerprint density at radius 3 is 2.13 bits per heavy atom. The van der Waals surface area contributed by atoms with E-state index in [4.69, 9.17) is 4.98 Å². The number of nitrogens with zero attached hydrogens (tertiary/aromatic N) is 3. The van der Waals surface area contributed by atoms with Crippen molar-refractivity contribution in [3.63, 3.8) is 0 Å². The van der Waals surface area contributed by atoms with Crippen LogP contribution in [0.25, 0.3) is 22.2 Å². The fourth-order valence-corrected chi connectivity index (χ4v) is 4.74. The van der Waals surface area contributed by atoms with E-state index in [0.29, 0.717) is 12.2 Å². The van der Waals surface area contributed by atoms with Crippen LogP contribution in [0.2, 0.25) is 0 Å². The predicted octanol–water partition coefficient (Wildman–Crippen LogP) is 6.53. The summed E-state index contributed by atoms with van der Waals surface area (Å²) in [5.74, 6) is -0.730. The lowest BCUT2D eigenvalue weighted by molar-refractivity contribution is 0.0982. The molecule has 6 heteroatoms. The third-order valence-corrected chi connectivity index (χ3v) is 6.69. The zero-order chi connectivity index (χ0) is 27.5. The lowest BCUT2D eigenvalue weighted by Crippen LogP contribution is -2.30. The maximum atomic E-state index is 13.7. The van der Waals surface area contributed by atoms with Gasteiger partial charge in [-0.05, 0) is 74.1 Å². The number of hydrogen-bond acceptors (Lipinski definition) is 5. The van der Waals surface area contributed by atoms with Gasteiger partial charge in [0.2, 0.25) is 0 Å². The number of carbonyl (C=O) groups excluding carboxylic acids is 1. The monoisotopic (exact) mass is 517 g/mol. The van der Waals surface area contributed by atoms with Crippen LogP contribution in [0.3, 0.4) is 0 Å². The van der Waals surface area contributed by atoms with E-state index >= 15 is 0 Å². The molecule has 196 valence electrons. The fourth-order valence-electron chi connectivity index (χ4n) is 4.74. The summed E-state index contributed by atoms with van der Waals surface area (Å²) in [6, 6.07) is 30.1. The van der Waals surface area contributed by atoms with Crippen LogP contribution >= 0.6 is 0 Å². The first-order chi connectivity index (χ1) is 18.8. The van der Waals surface area contributed by atoms with Gasteiger partial charge in [0, 0.05) is 29.2 Å². The highest BCUT2D eigenvalue weighted by atomic mass is 16.3. The molecular formula is C33H31N3O3. The van der Waals surface area contributed by atoms with Gasteiger partial charge in [-0.15, -0.1) is 0 Å². The molecule has 0 atom stereocenters. The van der Waals surface area contributed by atoms with Gasteiger partial charge in [0.1, 0.15) is 11.5 Å². The Morgan fingerprint density at radius 2 is 1.46 bits per heavy atom. The number of aryl methyl sites for hydroxylation is 1. The first-order valence-corrected chi connectivity index (χ1v) is 12.8. The van der Waals surface area contributed by atoms with E-state index in [1.54, 1.807) is 4.90 Å². The summed E-state index contributed by atoms with van der Waals surface area (Å²) < 4.78 is 0. The molecule has 0 fully saturated rings. The summed E-state index contributed by atoms with van der Waals surface area (Å²) in [5, 5.41) is 21.3. The van der Waals surface area contributed by atoms with Crippen molar-refractivity contribution in [2.24, 2.45) is 0 Å². The van der Waals surface area contributed by atoms with Crippen molar-refractivity contribution in [2.75, 3.05) is 19.0 Å². The number of benzene rings is 4. The number of pyridine rings is 1. The highest BCUT2D eigenvalue weighted by molar-refractivity contribution is 6.08. The van der Waals surface area contributed by atoms with Crippen LogP contribution in [0.15, 0.2) is 97.1 Å². The van der Waals surface area contributed by atoms with E-state index in [-0.39, 0.29) is 23.0 Å². The van der Waals surface area contributed by atoms with Crippen molar-refractivity contribution in [3.8, 4) is 22.8 Å². The lowest BCUT2D eigenvalue weighted by atomic mass is 10.0. The molecule has 1 aromatic heterocycles. The Kier molecular flexibility index (Phi) is 7.30. The zero-order valence-electron chi connectivity index (χ0n) is 22.3. The van der Waals surface area contributed by atoms with Crippen molar-refractivity contribution in [1.29, 1.82) is 0 Å². The standard InChI is InChI=1S/C33H31N3O3/c1-22-18-26-6-4-5-7-30(26)34-32(22)25-12-14-27(15-13-25)36(33(39)29-17-16-28(37)19-31(29)38)21-24-10-8-23(9-11-24)20-35(2)3/h4-19,37-38H,20-21H2,1-3H3. The SMILES string of the molecule is Cc1cc2ccccc2nc1-c1ccc(N(Cc2ccc(CN(C)C)cc2)C(=O)c2ccc(O)cc2O)cc1. The highest BCUT2D eigenvalue weighted by Crippen LogP contribution is 2.30. The van der Waals surface area contributed by atoms with Crippen LogP contribution < -0.4 is 4.90 Å². The van der Waals surface area contributed by atoms with E-state index in [0.717, 1.165) is 39.8 Å². The molecule has 0 bridgehead atoms. The van der Waals surface area contributed by atoms with Gasteiger partial charge in [-0.1, -0.05) is 54.6 Å². The molecular weight excluding hydrogens is 486 g/mol. The molecule has 2 N–H and O–H groups in total. The number of amides is 1. The highest BCUT2D eigenvalue weighted by Gasteiger charge is 2.22. The van der Waals surface area contributed by atoms with E-state index in [2.05, 4.69) is 29.2 Å². The Hall–Kier alpha value is -4.68. The number of rotatable bonds is 7. The van der Waals surface area contributed by atoms with Crippen LogP contribution in [0.5, 0.6) is 11.5 Å². The van der Waals surface area contributed by atoms with Crippen molar-refractivity contribution in [2.45, 2.75) is 20.0 Å². The number of anilines is 1. The van der Waals surface area contributed by atoms with Crippen LogP contribution in [-0.4, -0.2) is 40.1 Å². The summed E-state index contributed by atoms with van der Waals surface area (Å²) in [4.78, 5) is 22.3. The molecule has 5 aromatic rings. The molecule has 5 rings (SSSR count). The smallest absolute Gasteiger partial charge is 0.262 e. The molecule has 0 aliphatic carbocycles. The van der Waals surface area contributed by atoms with Crippen LogP contribution in [0.4, 0.5) is 5.69 Å². The van der Waals surface area contributed by atoms with Gasteiger partial charge < -0.3 is 20.0 Å². The number of fused-ring (bicyclic) bond motifs is 1. The fraction of sp³-hybridized carbons (Fsp3) is 0.152. The van der Waals surface area contributed by atoms with Gasteiger partial charge >= 0.3 is 0 Å². The minimum Gasteiger partial charge on any atom is -0.508 e. The minimum atomic E-state index is -0.363. The largest absolute Gasteiger partial charge is 0.508 e. The van der Waals surface area contributed by atoms with Gasteiger partial charge in [-0.2, -0.15) is 0 Å². The zero-order valence-corrected chi connectivity index (χ0v) is 22.3. The molecule has 0 radical (unpaired) electrons. The number of para-hydroxylation sites is 1. The molecule has 0 aliphatic heterocycles. The first-order valence-electron chi connectivity index (χ1n) is 12.8. The maximum absolute atomic E-state index is 13.7. The lowest BCUT2D eigenvalue weighted by Gasteiger charge is -2.24. The van der Waals surface area contributed by atoms with Crippen LogP contribution in [-0.2, 0) is 13.1 Å². The Bertz CT molecular complexity index is 1630. The maximum Gasteiger partial charge on any atom is 0.262 e. The van der Waals surface area contributed by atoms with Crippen molar-refractivity contribution in [3.05, 3.63) is 119 Å². The van der Waals surface area contributed by atoms with Gasteiger partial charge in [0.25, 0.3) is 5.91 Å². The van der Waals surface area contributed by atoms with Crippen molar-refractivity contribution < 1.29 is 15.0 Å². The van der Waals surface area contributed by atoms with Crippen LogP contribution in [0.1, 0.15) is 27.0 Å². The number of phenols is 2. The quantitative estimate of drug-likeness (QED) is 0.257. The normalized spacial score (nSPS) is 11.2. The molecule has 6 nitrogen and oxygen atoms in total. The van der Waals surface area contributed by atoms with Gasteiger partial charge in [0.05, 0.1) is 23.3 Å². The number of aromatic nitrogens is 1. The number of carbonyl (C=O) groups is 1. The molecule has 1 amide bonds. The predicted molar refractivity (Wildman–Crippen MR) is 156 cm³/mol. The van der Waals surface area contributed by atoms with Crippen LogP contribution in [0, 0.1) is 6.92 Å². The van der Waals surface area contributed by atoms with Gasteiger partial charge in [0.15, 0.2) is 0 Å². The molecule has 0 saturated heterocycles. The topological polar surface area (TPSA) is 76.9 Å². The summed E-state index contributed by atoms with van der Waals surface area (Å²) >= 11 is 0.